The lowest BCUT2D eigenvalue weighted by Crippen LogP contribution is -2.49. The fourth-order valence-corrected chi connectivity index (χ4v) is 3.46. The number of carbonyl (C=O) groups is 1. The van der Waals surface area contributed by atoms with Gasteiger partial charge in [-0.15, -0.1) is 11.3 Å². The molecular formula is C16H21N5OS. The summed E-state index contributed by atoms with van der Waals surface area (Å²) < 4.78 is 0. The van der Waals surface area contributed by atoms with Crippen molar-refractivity contribution < 1.29 is 4.79 Å². The third-order valence-electron chi connectivity index (χ3n) is 4.26. The molecule has 0 spiro atoms. The van der Waals surface area contributed by atoms with Crippen LogP contribution in [-0.2, 0) is 6.54 Å². The average molecular weight is 331 g/mol. The van der Waals surface area contributed by atoms with E-state index in [1.807, 2.05) is 17.2 Å². The van der Waals surface area contributed by atoms with Gasteiger partial charge in [-0.05, 0) is 18.6 Å². The third kappa shape index (κ3) is 3.57. The first-order valence-corrected chi connectivity index (χ1v) is 8.64. The molecular weight excluding hydrogens is 310 g/mol. The largest absolute Gasteiger partial charge is 0.335 e. The maximum atomic E-state index is 12.5. The number of piperazine rings is 1. The molecule has 1 saturated heterocycles. The van der Waals surface area contributed by atoms with Gasteiger partial charge in [0.25, 0.3) is 5.91 Å². The summed E-state index contributed by atoms with van der Waals surface area (Å²) in [7, 11) is 0. The van der Waals surface area contributed by atoms with E-state index in [4.69, 9.17) is 5.73 Å². The Morgan fingerprint density at radius 2 is 2.17 bits per heavy atom. The van der Waals surface area contributed by atoms with Gasteiger partial charge in [0.1, 0.15) is 10.7 Å². The second-order valence-corrected chi connectivity index (χ2v) is 6.56. The van der Waals surface area contributed by atoms with E-state index in [1.54, 1.807) is 11.6 Å². The van der Waals surface area contributed by atoms with Crippen LogP contribution in [0.25, 0.3) is 0 Å². The molecule has 122 valence electrons. The maximum Gasteiger partial charge on any atom is 0.273 e. The van der Waals surface area contributed by atoms with Gasteiger partial charge in [0, 0.05) is 56.5 Å². The van der Waals surface area contributed by atoms with Crippen molar-refractivity contribution in [3.8, 4) is 0 Å². The Bertz CT molecular complexity index is 652. The minimum atomic E-state index is 0.00892. The molecule has 1 fully saturated rings. The molecule has 1 aliphatic rings. The number of aromatic nitrogens is 2. The molecule has 1 aliphatic heterocycles. The zero-order valence-electron chi connectivity index (χ0n) is 13.2. The lowest BCUT2D eigenvalue weighted by Gasteiger charge is -2.37. The van der Waals surface area contributed by atoms with Crippen LogP contribution >= 0.6 is 11.3 Å². The summed E-state index contributed by atoms with van der Waals surface area (Å²) >= 11 is 1.44. The van der Waals surface area contributed by atoms with Crippen molar-refractivity contribution in [1.82, 2.24) is 19.8 Å². The van der Waals surface area contributed by atoms with E-state index in [0.29, 0.717) is 18.3 Å². The number of thiazole rings is 1. The van der Waals surface area contributed by atoms with E-state index in [-0.39, 0.29) is 5.91 Å². The van der Waals surface area contributed by atoms with Crippen LogP contribution in [0.1, 0.15) is 34.0 Å². The summed E-state index contributed by atoms with van der Waals surface area (Å²) in [6.45, 7) is 5.72. The summed E-state index contributed by atoms with van der Waals surface area (Å²) in [5.41, 5.74) is 7.29. The molecule has 0 aromatic carbocycles. The van der Waals surface area contributed by atoms with Gasteiger partial charge in [0.2, 0.25) is 0 Å². The average Bonchev–Trinajstić information content (AvgIpc) is 3.10. The molecule has 0 saturated carbocycles. The fourth-order valence-electron chi connectivity index (χ4n) is 2.81. The van der Waals surface area contributed by atoms with Gasteiger partial charge in [-0.1, -0.05) is 6.07 Å². The van der Waals surface area contributed by atoms with Crippen LogP contribution in [0.5, 0.6) is 0 Å². The molecule has 3 heterocycles. The van der Waals surface area contributed by atoms with E-state index in [0.717, 1.165) is 31.2 Å². The topological polar surface area (TPSA) is 75.4 Å². The van der Waals surface area contributed by atoms with E-state index < -0.39 is 0 Å². The molecule has 2 aromatic rings. The standard InChI is InChI=1S/C16H21N5OS/c1-12(13-3-2-4-18-10-13)20-5-7-21(8-6-20)16(22)14-11-23-15(9-17)19-14/h2-4,10-12H,5-9,17H2,1H3. The predicted molar refractivity (Wildman–Crippen MR) is 90.1 cm³/mol. The number of nitrogens with zero attached hydrogens (tertiary/aromatic N) is 4. The fraction of sp³-hybridized carbons (Fsp3) is 0.438. The van der Waals surface area contributed by atoms with Crippen LogP contribution in [0, 0.1) is 0 Å². The third-order valence-corrected chi connectivity index (χ3v) is 5.13. The SMILES string of the molecule is CC(c1cccnc1)N1CCN(C(=O)c2csc(CN)n2)CC1. The first-order chi connectivity index (χ1) is 11.2. The highest BCUT2D eigenvalue weighted by Gasteiger charge is 2.26. The first kappa shape index (κ1) is 16.0. The van der Waals surface area contributed by atoms with Crippen LogP contribution < -0.4 is 5.73 Å². The molecule has 6 nitrogen and oxygen atoms in total. The monoisotopic (exact) mass is 331 g/mol. The zero-order valence-corrected chi connectivity index (χ0v) is 14.0. The molecule has 2 N–H and O–H groups in total. The minimum Gasteiger partial charge on any atom is -0.335 e. The number of hydrogen-bond donors (Lipinski definition) is 1. The second kappa shape index (κ2) is 7.16. The zero-order chi connectivity index (χ0) is 16.2. The Kier molecular flexibility index (Phi) is 5.00. The Hall–Kier alpha value is -1.83. The molecule has 0 aliphatic carbocycles. The van der Waals surface area contributed by atoms with E-state index in [1.165, 1.54) is 16.9 Å². The quantitative estimate of drug-likeness (QED) is 0.919. The van der Waals surface area contributed by atoms with E-state index in [9.17, 15) is 4.79 Å². The Morgan fingerprint density at radius 1 is 1.39 bits per heavy atom. The molecule has 0 bridgehead atoms. The Balaban J connectivity index is 1.59. The van der Waals surface area contributed by atoms with Gasteiger partial charge in [-0.2, -0.15) is 0 Å². The first-order valence-electron chi connectivity index (χ1n) is 7.76. The predicted octanol–water partition coefficient (Wildman–Crippen LogP) is 1.52. The number of rotatable bonds is 4. The normalized spacial score (nSPS) is 17.2. The van der Waals surface area contributed by atoms with Gasteiger partial charge < -0.3 is 10.6 Å². The summed E-state index contributed by atoms with van der Waals surface area (Å²) in [6.07, 6.45) is 3.70. The van der Waals surface area contributed by atoms with Crippen molar-refractivity contribution in [3.05, 3.63) is 46.2 Å². The summed E-state index contributed by atoms with van der Waals surface area (Å²) in [6, 6.07) is 4.37. The van der Waals surface area contributed by atoms with Crippen LogP contribution in [0.2, 0.25) is 0 Å². The van der Waals surface area contributed by atoms with Crippen LogP contribution in [0.3, 0.4) is 0 Å². The molecule has 7 heteroatoms. The number of pyridine rings is 1. The number of hydrogen-bond acceptors (Lipinski definition) is 6. The van der Waals surface area contributed by atoms with E-state index in [2.05, 4.69) is 27.9 Å². The molecule has 23 heavy (non-hydrogen) atoms. The highest BCUT2D eigenvalue weighted by atomic mass is 32.1. The number of carbonyl (C=O) groups excluding carboxylic acids is 1. The van der Waals surface area contributed by atoms with Gasteiger partial charge >= 0.3 is 0 Å². The van der Waals surface area contributed by atoms with Crippen LogP contribution in [0.15, 0.2) is 29.9 Å². The molecule has 0 radical (unpaired) electrons. The lowest BCUT2D eigenvalue weighted by atomic mass is 10.1. The van der Waals surface area contributed by atoms with Gasteiger partial charge in [-0.25, -0.2) is 4.98 Å². The van der Waals surface area contributed by atoms with Crippen molar-refractivity contribution in [2.75, 3.05) is 26.2 Å². The summed E-state index contributed by atoms with van der Waals surface area (Å²) in [4.78, 5) is 25.2. The minimum absolute atomic E-state index is 0.00892. The van der Waals surface area contributed by atoms with Crippen molar-refractivity contribution in [2.45, 2.75) is 19.5 Å². The smallest absolute Gasteiger partial charge is 0.273 e. The lowest BCUT2D eigenvalue weighted by molar-refractivity contribution is 0.0577. The van der Waals surface area contributed by atoms with Gasteiger partial charge in [0.15, 0.2) is 0 Å². The molecule has 2 aromatic heterocycles. The maximum absolute atomic E-state index is 12.5. The number of nitrogens with two attached hydrogens (primary N) is 1. The highest BCUT2D eigenvalue weighted by Crippen LogP contribution is 2.21. The Morgan fingerprint density at radius 3 is 2.78 bits per heavy atom. The van der Waals surface area contributed by atoms with Crippen molar-refractivity contribution >= 4 is 17.2 Å². The van der Waals surface area contributed by atoms with Crippen molar-refractivity contribution in [1.29, 1.82) is 0 Å². The van der Waals surface area contributed by atoms with Crippen molar-refractivity contribution in [2.24, 2.45) is 5.73 Å². The summed E-state index contributed by atoms with van der Waals surface area (Å²) in [5, 5.41) is 2.60. The van der Waals surface area contributed by atoms with Crippen LogP contribution in [-0.4, -0.2) is 51.9 Å². The van der Waals surface area contributed by atoms with Crippen molar-refractivity contribution in [3.63, 3.8) is 0 Å². The highest BCUT2D eigenvalue weighted by molar-refractivity contribution is 7.09. The molecule has 1 unspecified atom stereocenters. The molecule has 1 amide bonds. The second-order valence-electron chi connectivity index (χ2n) is 5.62. The van der Waals surface area contributed by atoms with Crippen LogP contribution in [0.4, 0.5) is 0 Å². The van der Waals surface area contributed by atoms with Gasteiger partial charge in [-0.3, -0.25) is 14.7 Å². The van der Waals surface area contributed by atoms with Gasteiger partial charge in [0.05, 0.1) is 0 Å². The summed E-state index contributed by atoms with van der Waals surface area (Å²) in [5.74, 6) is 0.00892. The van der Waals surface area contributed by atoms with E-state index >= 15 is 0 Å². The number of amides is 1. The molecule has 1 atom stereocenters. The Labute approximate surface area is 140 Å². The molecule has 3 rings (SSSR count).